The number of hydrogen-bond acceptors (Lipinski definition) is 8. The number of allylic oxidation sites excluding steroid dienone is 1. The number of aromatic nitrogens is 2. The molecule has 1 fully saturated rings. The van der Waals surface area contributed by atoms with Crippen molar-refractivity contribution < 1.29 is 14.7 Å². The summed E-state index contributed by atoms with van der Waals surface area (Å²) in [6.45, 7) is 7.64. The lowest BCUT2D eigenvalue weighted by Crippen LogP contribution is -2.53. The molecule has 0 radical (unpaired) electrons. The van der Waals surface area contributed by atoms with Gasteiger partial charge in [0.1, 0.15) is 12.1 Å². The molecule has 36 heavy (non-hydrogen) atoms. The molecule has 0 aliphatic carbocycles. The molecule has 10 heteroatoms. The van der Waals surface area contributed by atoms with Crippen molar-refractivity contribution in [3.63, 3.8) is 0 Å². The van der Waals surface area contributed by atoms with Gasteiger partial charge in [0.2, 0.25) is 11.8 Å². The van der Waals surface area contributed by atoms with Crippen LogP contribution in [0.4, 0.5) is 0 Å². The predicted molar refractivity (Wildman–Crippen MR) is 136 cm³/mol. The molecule has 2 amide bonds. The lowest BCUT2D eigenvalue weighted by atomic mass is 10.00. The third-order valence-corrected chi connectivity index (χ3v) is 6.45. The minimum Gasteiger partial charge on any atom is -0.394 e. The monoisotopic (exact) mass is 493 g/mol. The number of benzene rings is 1. The zero-order chi connectivity index (χ0) is 26.2. The number of nitrogens with one attached hydrogen (secondary N) is 3. The number of aliphatic hydroxyl groups is 1. The van der Waals surface area contributed by atoms with E-state index in [1.807, 2.05) is 51.1 Å². The van der Waals surface area contributed by atoms with Crippen molar-refractivity contribution in [1.29, 1.82) is 5.53 Å². The lowest BCUT2D eigenvalue weighted by Gasteiger charge is -2.31. The molecule has 1 aliphatic rings. The second kappa shape index (κ2) is 12.3. The second-order valence-corrected chi connectivity index (χ2v) is 9.37. The number of aryl methyl sites for hydroxylation is 1. The van der Waals surface area contributed by atoms with Gasteiger partial charge in [-0.2, -0.15) is 15.3 Å². The average Bonchev–Trinajstić information content (AvgIpc) is 3.37. The van der Waals surface area contributed by atoms with E-state index in [1.54, 1.807) is 24.2 Å². The molecule has 3 atom stereocenters. The molecule has 192 valence electrons. The molecule has 0 bridgehead atoms. The third-order valence-electron chi connectivity index (χ3n) is 6.45. The van der Waals surface area contributed by atoms with Crippen LogP contribution in [0.3, 0.4) is 0 Å². The Morgan fingerprint density at radius 1 is 1.28 bits per heavy atom. The highest BCUT2D eigenvalue weighted by atomic mass is 16.3. The largest absolute Gasteiger partial charge is 0.394 e. The summed E-state index contributed by atoms with van der Waals surface area (Å²) in [6.07, 6.45) is 4.48. The van der Waals surface area contributed by atoms with Gasteiger partial charge in [0.15, 0.2) is 0 Å². The van der Waals surface area contributed by atoms with Crippen LogP contribution >= 0.6 is 0 Å². The van der Waals surface area contributed by atoms with E-state index in [-0.39, 0.29) is 24.3 Å². The van der Waals surface area contributed by atoms with Crippen molar-refractivity contribution in [2.24, 2.45) is 11.0 Å². The number of amides is 2. The Hall–Kier alpha value is -3.66. The van der Waals surface area contributed by atoms with Crippen molar-refractivity contribution in [3.05, 3.63) is 59.7 Å². The quantitative estimate of drug-likeness (QED) is 0.375. The van der Waals surface area contributed by atoms with Gasteiger partial charge in [-0.1, -0.05) is 38.1 Å². The number of carbonyl (C=O) groups is 2. The van der Waals surface area contributed by atoms with Crippen LogP contribution in [0.15, 0.2) is 53.5 Å². The average molecular weight is 494 g/mol. The van der Waals surface area contributed by atoms with Crippen LogP contribution in [0.2, 0.25) is 0 Å². The second-order valence-electron chi connectivity index (χ2n) is 9.37. The normalized spacial score (nSPS) is 17.6. The van der Waals surface area contributed by atoms with Gasteiger partial charge in [0.05, 0.1) is 30.2 Å². The molecule has 1 aliphatic heterocycles. The van der Waals surface area contributed by atoms with Crippen molar-refractivity contribution in [2.45, 2.75) is 58.7 Å². The molecule has 0 saturated carbocycles. The highest BCUT2D eigenvalue weighted by Gasteiger charge is 2.38. The van der Waals surface area contributed by atoms with Gasteiger partial charge in [-0.05, 0) is 49.8 Å². The summed E-state index contributed by atoms with van der Waals surface area (Å²) in [5.74, 6) is -0.476. The van der Waals surface area contributed by atoms with E-state index in [0.717, 1.165) is 28.8 Å². The van der Waals surface area contributed by atoms with Crippen LogP contribution in [0.25, 0.3) is 11.1 Å². The number of rotatable bonds is 10. The molecular weight excluding hydrogens is 458 g/mol. The fourth-order valence-corrected chi connectivity index (χ4v) is 4.38. The Kier molecular flexibility index (Phi) is 9.24. The van der Waals surface area contributed by atoms with E-state index in [2.05, 4.69) is 25.9 Å². The van der Waals surface area contributed by atoms with Crippen LogP contribution in [0.1, 0.15) is 50.9 Å². The predicted octanol–water partition coefficient (Wildman–Crippen LogP) is 3.10. The summed E-state index contributed by atoms with van der Waals surface area (Å²) < 4.78 is 0. The number of carbonyl (C=O) groups excluding carboxylic acids is 2. The molecule has 0 unspecified atom stereocenters. The minimum atomic E-state index is -0.606. The first-order valence-corrected chi connectivity index (χ1v) is 12.2. The van der Waals surface area contributed by atoms with E-state index in [0.29, 0.717) is 18.7 Å². The summed E-state index contributed by atoms with van der Waals surface area (Å²) in [5, 5.41) is 27.3. The smallest absolute Gasteiger partial charge is 0.245 e. The molecular formula is C26H35N7O3. The van der Waals surface area contributed by atoms with Crippen LogP contribution in [0.5, 0.6) is 0 Å². The van der Waals surface area contributed by atoms with E-state index >= 15 is 0 Å². The van der Waals surface area contributed by atoms with E-state index in [1.165, 1.54) is 0 Å². The van der Waals surface area contributed by atoms with Crippen molar-refractivity contribution in [3.8, 4) is 11.1 Å². The topological polar surface area (TPSA) is 144 Å². The van der Waals surface area contributed by atoms with Gasteiger partial charge in [-0.15, -0.1) is 0 Å². The molecule has 1 saturated heterocycles. The summed E-state index contributed by atoms with van der Waals surface area (Å²) in [7, 11) is 0. The Labute approximate surface area is 211 Å². The number of aliphatic hydroxyl groups excluding tert-OH is 1. The van der Waals surface area contributed by atoms with Gasteiger partial charge >= 0.3 is 0 Å². The Morgan fingerprint density at radius 3 is 2.61 bits per heavy atom. The first kappa shape index (κ1) is 26.9. The summed E-state index contributed by atoms with van der Waals surface area (Å²) in [6, 6.07) is 7.76. The van der Waals surface area contributed by atoms with Crippen LogP contribution in [0, 0.1) is 18.4 Å². The molecule has 10 nitrogen and oxygen atoms in total. The highest BCUT2D eigenvalue weighted by Crippen LogP contribution is 2.25. The molecule has 4 N–H and O–H groups in total. The minimum absolute atomic E-state index is 0.0282. The Balaban J connectivity index is 1.71. The molecule has 1 aromatic heterocycles. The molecule has 1 aromatic carbocycles. The summed E-state index contributed by atoms with van der Waals surface area (Å²) in [5.41, 5.74) is 11.1. The maximum atomic E-state index is 13.3. The first-order valence-electron chi connectivity index (χ1n) is 12.2. The zero-order valence-corrected chi connectivity index (χ0v) is 21.2. The fourth-order valence-electron chi connectivity index (χ4n) is 4.38. The van der Waals surface area contributed by atoms with E-state index in [9.17, 15) is 14.7 Å². The van der Waals surface area contributed by atoms with Crippen LogP contribution in [-0.4, -0.2) is 57.3 Å². The highest BCUT2D eigenvalue weighted by molar-refractivity contribution is 5.90. The summed E-state index contributed by atoms with van der Waals surface area (Å²) in [4.78, 5) is 28.2. The van der Waals surface area contributed by atoms with Crippen LogP contribution < -0.4 is 10.6 Å². The molecule has 2 heterocycles. The van der Waals surface area contributed by atoms with E-state index < -0.39 is 18.1 Å². The Morgan fingerprint density at radius 2 is 2.00 bits per heavy atom. The lowest BCUT2D eigenvalue weighted by molar-refractivity contribution is -0.141. The van der Waals surface area contributed by atoms with Gasteiger partial charge in [0, 0.05) is 18.3 Å². The van der Waals surface area contributed by atoms with Crippen molar-refractivity contribution in [1.82, 2.24) is 25.7 Å². The number of hydrogen-bond donors (Lipinski definition) is 4. The van der Waals surface area contributed by atoms with Crippen LogP contribution in [-0.2, 0) is 9.59 Å². The SMILES string of the molecule is C/C(=C/N[C@H](C(=O)N1CCC[C@H]1C(=O)N[C@@H](CO)c1ccc(-c2ccnnc2C)cc1)C(C)C)N=N. The summed E-state index contributed by atoms with van der Waals surface area (Å²) >= 11 is 0. The Bertz CT molecular complexity index is 1100. The third kappa shape index (κ3) is 6.31. The van der Waals surface area contributed by atoms with Gasteiger partial charge in [-0.3, -0.25) is 9.59 Å². The van der Waals surface area contributed by atoms with Gasteiger partial charge in [0.25, 0.3) is 0 Å². The molecule has 2 aromatic rings. The first-order chi connectivity index (χ1) is 17.3. The van der Waals surface area contributed by atoms with Crippen molar-refractivity contribution in [2.75, 3.05) is 13.2 Å². The number of nitrogens with zero attached hydrogens (tertiary/aromatic N) is 4. The fraction of sp³-hybridized carbons (Fsp3) is 0.462. The maximum Gasteiger partial charge on any atom is 0.245 e. The zero-order valence-electron chi connectivity index (χ0n) is 21.2. The number of likely N-dealkylation sites (tertiary alicyclic amines) is 1. The standard InChI is InChI=1S/C26H35N7O3/c1-16(2)24(28-14-17(3)31-27)26(36)33-13-5-6-23(33)25(35)30-22(15-34)20-9-7-19(8-10-20)21-11-12-29-32-18(21)4/h7-12,14,16,22-24,27-28,34H,5-6,13,15H2,1-4H3,(H,30,35)/b17-14-,31-27?/t22-,23-,24-/m0/s1. The van der Waals surface area contributed by atoms with Gasteiger partial charge in [-0.25, -0.2) is 5.53 Å². The van der Waals surface area contributed by atoms with Gasteiger partial charge < -0.3 is 20.6 Å². The van der Waals surface area contributed by atoms with E-state index in [4.69, 9.17) is 5.53 Å². The van der Waals surface area contributed by atoms with Crippen molar-refractivity contribution >= 4 is 11.8 Å². The molecule has 3 rings (SSSR count). The maximum absolute atomic E-state index is 13.3. The molecule has 0 spiro atoms.